The van der Waals surface area contributed by atoms with E-state index in [4.69, 9.17) is 14.2 Å². The molecule has 6 nitrogen and oxygen atoms in total. The second kappa shape index (κ2) is 45.6. The van der Waals surface area contributed by atoms with Crippen LogP contribution in [0, 0.1) is 0 Å². The van der Waals surface area contributed by atoms with Crippen LogP contribution >= 0.6 is 0 Å². The van der Waals surface area contributed by atoms with Crippen molar-refractivity contribution in [2.75, 3.05) is 13.2 Å². The largest absolute Gasteiger partial charge is 0.462 e. The molecule has 0 aliphatic rings. The highest BCUT2D eigenvalue weighted by atomic mass is 16.6. The number of rotatable bonds is 41. The third-order valence-electron chi connectivity index (χ3n) is 9.69. The smallest absolute Gasteiger partial charge is 0.306 e. The van der Waals surface area contributed by atoms with E-state index in [2.05, 4.69) is 93.7 Å². The summed E-state index contributed by atoms with van der Waals surface area (Å²) in [6.07, 6.45) is 56.1. The predicted octanol–water partition coefficient (Wildman–Crippen LogP) is 15.1. The van der Waals surface area contributed by atoms with Crippen molar-refractivity contribution in [3.05, 3.63) is 72.9 Å². The van der Waals surface area contributed by atoms with Gasteiger partial charge >= 0.3 is 17.9 Å². The Morgan fingerprint density at radius 2 is 0.754 bits per heavy atom. The molecule has 0 saturated carbocycles. The lowest BCUT2D eigenvalue weighted by molar-refractivity contribution is -0.167. The molecule has 0 fully saturated rings. The molecule has 326 valence electrons. The maximum Gasteiger partial charge on any atom is 0.306 e. The molecule has 0 aromatic heterocycles. The zero-order valence-electron chi connectivity index (χ0n) is 37.1. The number of carbonyl (C=O) groups excluding carboxylic acids is 3. The molecule has 0 aromatic carbocycles. The normalized spacial score (nSPS) is 12.7. The maximum atomic E-state index is 12.7. The molecule has 0 aliphatic heterocycles. The average molecular weight is 795 g/mol. The van der Waals surface area contributed by atoms with Gasteiger partial charge in [0.15, 0.2) is 6.10 Å². The Morgan fingerprint density at radius 3 is 1.32 bits per heavy atom. The summed E-state index contributed by atoms with van der Waals surface area (Å²) in [6.45, 7) is 6.39. The van der Waals surface area contributed by atoms with Crippen LogP contribution in [0.1, 0.15) is 213 Å². The number of hydrogen-bond acceptors (Lipinski definition) is 6. The van der Waals surface area contributed by atoms with Crippen LogP contribution < -0.4 is 0 Å². The van der Waals surface area contributed by atoms with Gasteiger partial charge in [-0.3, -0.25) is 14.4 Å². The van der Waals surface area contributed by atoms with Gasteiger partial charge in [-0.25, -0.2) is 0 Å². The monoisotopic (exact) mass is 795 g/mol. The van der Waals surface area contributed by atoms with Crippen LogP contribution in [0.15, 0.2) is 72.9 Å². The summed E-state index contributed by atoms with van der Waals surface area (Å²) in [5, 5.41) is 0. The maximum absolute atomic E-state index is 12.7. The van der Waals surface area contributed by atoms with Gasteiger partial charge in [0, 0.05) is 19.3 Å². The predicted molar refractivity (Wildman–Crippen MR) is 242 cm³/mol. The fraction of sp³-hybridized carbons (Fsp3) is 0.706. The van der Waals surface area contributed by atoms with Gasteiger partial charge in [-0.1, -0.05) is 171 Å². The van der Waals surface area contributed by atoms with E-state index in [1.54, 1.807) is 0 Å². The quantitative estimate of drug-likeness (QED) is 0.0202. The van der Waals surface area contributed by atoms with E-state index in [-0.39, 0.29) is 37.5 Å². The fourth-order valence-corrected chi connectivity index (χ4v) is 6.15. The van der Waals surface area contributed by atoms with E-state index < -0.39 is 6.10 Å². The molecule has 1 atom stereocenters. The molecule has 0 radical (unpaired) electrons. The lowest BCUT2D eigenvalue weighted by atomic mass is 10.1. The van der Waals surface area contributed by atoms with Crippen molar-refractivity contribution >= 4 is 17.9 Å². The van der Waals surface area contributed by atoms with Crippen molar-refractivity contribution in [2.45, 2.75) is 219 Å². The lowest BCUT2D eigenvalue weighted by Gasteiger charge is -2.18. The van der Waals surface area contributed by atoms with Crippen LogP contribution in [0.2, 0.25) is 0 Å². The van der Waals surface area contributed by atoms with Gasteiger partial charge in [0.1, 0.15) is 13.2 Å². The van der Waals surface area contributed by atoms with Crippen LogP contribution in [-0.2, 0) is 28.6 Å². The van der Waals surface area contributed by atoms with Crippen molar-refractivity contribution in [3.8, 4) is 0 Å². The summed E-state index contributed by atoms with van der Waals surface area (Å²) in [4.78, 5) is 37.7. The first kappa shape index (κ1) is 53.9. The number of allylic oxidation sites excluding steroid dienone is 12. The van der Waals surface area contributed by atoms with Gasteiger partial charge in [0.25, 0.3) is 0 Å². The summed E-state index contributed by atoms with van der Waals surface area (Å²) in [5.41, 5.74) is 0. The summed E-state index contributed by atoms with van der Waals surface area (Å²) < 4.78 is 16.6. The molecule has 1 unspecified atom stereocenters. The summed E-state index contributed by atoms with van der Waals surface area (Å²) >= 11 is 0. The van der Waals surface area contributed by atoms with Crippen LogP contribution in [-0.4, -0.2) is 37.2 Å². The molecular formula is C51H86O6. The SMILES string of the molecule is CC/C=C\C/C=C\C/C=C\CCCC(=O)OCC(COC(=O)CCCCC/C=C\C=C/CCCCCCCCC)OC(=O)CCCCCCC/C=C\CCCCC. The molecule has 0 aliphatic carbocycles. The minimum Gasteiger partial charge on any atom is -0.462 e. The Bertz CT molecular complexity index is 1100. The van der Waals surface area contributed by atoms with Gasteiger partial charge in [-0.15, -0.1) is 0 Å². The summed E-state index contributed by atoms with van der Waals surface area (Å²) in [7, 11) is 0. The van der Waals surface area contributed by atoms with E-state index in [9.17, 15) is 14.4 Å². The molecule has 0 spiro atoms. The number of esters is 3. The Kier molecular flexibility index (Phi) is 43.0. The fourth-order valence-electron chi connectivity index (χ4n) is 6.15. The van der Waals surface area contributed by atoms with Crippen molar-refractivity contribution < 1.29 is 28.6 Å². The minimum atomic E-state index is -0.808. The summed E-state index contributed by atoms with van der Waals surface area (Å²) in [6, 6.07) is 0. The number of hydrogen-bond donors (Lipinski definition) is 0. The molecule has 0 N–H and O–H groups in total. The zero-order chi connectivity index (χ0) is 41.5. The molecular weight excluding hydrogens is 709 g/mol. The molecule has 0 saturated heterocycles. The van der Waals surface area contributed by atoms with Gasteiger partial charge < -0.3 is 14.2 Å². The first-order valence-electron chi connectivity index (χ1n) is 23.5. The number of ether oxygens (including phenoxy) is 3. The summed E-state index contributed by atoms with van der Waals surface area (Å²) in [5.74, 6) is -1.00. The van der Waals surface area contributed by atoms with Crippen molar-refractivity contribution in [3.63, 3.8) is 0 Å². The van der Waals surface area contributed by atoms with E-state index in [1.807, 2.05) is 0 Å². The van der Waals surface area contributed by atoms with E-state index in [1.165, 1.54) is 77.0 Å². The van der Waals surface area contributed by atoms with E-state index in [0.29, 0.717) is 19.3 Å². The number of carbonyl (C=O) groups is 3. The Balaban J connectivity index is 4.48. The topological polar surface area (TPSA) is 78.9 Å². The van der Waals surface area contributed by atoms with E-state index in [0.717, 1.165) is 89.9 Å². The van der Waals surface area contributed by atoms with Crippen LogP contribution in [0.3, 0.4) is 0 Å². The third-order valence-corrected chi connectivity index (χ3v) is 9.69. The van der Waals surface area contributed by atoms with Gasteiger partial charge in [0.05, 0.1) is 0 Å². The van der Waals surface area contributed by atoms with Gasteiger partial charge in [-0.05, 0) is 96.3 Å². The van der Waals surface area contributed by atoms with Crippen LogP contribution in [0.5, 0.6) is 0 Å². The Morgan fingerprint density at radius 1 is 0.386 bits per heavy atom. The first-order chi connectivity index (χ1) is 28.0. The molecule has 0 rings (SSSR count). The highest BCUT2D eigenvalue weighted by Gasteiger charge is 2.19. The number of unbranched alkanes of at least 4 members (excludes halogenated alkanes) is 19. The minimum absolute atomic E-state index is 0.109. The Labute approximate surface area is 351 Å². The molecule has 0 heterocycles. The van der Waals surface area contributed by atoms with E-state index >= 15 is 0 Å². The molecule has 0 aromatic rings. The lowest BCUT2D eigenvalue weighted by Crippen LogP contribution is -2.30. The second-order valence-electron chi connectivity index (χ2n) is 15.3. The zero-order valence-corrected chi connectivity index (χ0v) is 37.1. The van der Waals surface area contributed by atoms with Gasteiger partial charge in [-0.2, -0.15) is 0 Å². The van der Waals surface area contributed by atoms with Crippen molar-refractivity contribution in [2.24, 2.45) is 0 Å². The Hall–Kier alpha value is -3.15. The molecule has 57 heavy (non-hydrogen) atoms. The third kappa shape index (κ3) is 43.8. The van der Waals surface area contributed by atoms with Gasteiger partial charge in [0.2, 0.25) is 0 Å². The second-order valence-corrected chi connectivity index (χ2v) is 15.3. The standard InChI is InChI=1S/C51H86O6/c1-4-7-10-13-16-19-22-24-25-26-27-30-32-35-38-41-44-50(53)56-47-48(46-55-49(52)43-40-37-34-31-28-21-18-15-12-9-6-3)57-51(54)45-42-39-36-33-29-23-20-17-14-11-8-5-2/h9,12,17-18,20-21,25-27,30-31,34,48H,4-8,10-11,13-16,19,22-24,28-29,32-33,35-47H2,1-3H3/b12-9-,20-17-,21-18-,26-25-,30-27-,34-31-. The highest BCUT2D eigenvalue weighted by molar-refractivity contribution is 5.71. The molecule has 0 bridgehead atoms. The molecule has 0 amide bonds. The first-order valence-corrected chi connectivity index (χ1v) is 23.5. The highest BCUT2D eigenvalue weighted by Crippen LogP contribution is 2.12. The van der Waals surface area contributed by atoms with Crippen LogP contribution in [0.4, 0.5) is 0 Å². The van der Waals surface area contributed by atoms with Crippen LogP contribution in [0.25, 0.3) is 0 Å². The average Bonchev–Trinajstić information content (AvgIpc) is 3.21. The van der Waals surface area contributed by atoms with Crippen molar-refractivity contribution in [1.29, 1.82) is 0 Å². The molecule has 6 heteroatoms. The van der Waals surface area contributed by atoms with Crippen molar-refractivity contribution in [1.82, 2.24) is 0 Å².